The van der Waals surface area contributed by atoms with E-state index in [4.69, 9.17) is 20.8 Å². The topological polar surface area (TPSA) is 77.6 Å². The van der Waals surface area contributed by atoms with Crippen molar-refractivity contribution in [3.8, 4) is 11.1 Å². The molecule has 1 aromatic carbocycles. The highest BCUT2D eigenvalue weighted by Gasteiger charge is 2.27. The fraction of sp³-hybridized carbons (Fsp3) is 0.222. The third kappa shape index (κ3) is 4.65. The van der Waals surface area contributed by atoms with Crippen LogP contribution in [0.3, 0.4) is 0 Å². The number of halogens is 1. The summed E-state index contributed by atoms with van der Waals surface area (Å²) < 4.78 is 12.5. The fourth-order valence-electron chi connectivity index (χ4n) is 4.47. The van der Waals surface area contributed by atoms with Crippen LogP contribution < -0.4 is 5.56 Å². The Balaban J connectivity index is 1.55. The van der Waals surface area contributed by atoms with Gasteiger partial charge in [0.2, 0.25) is 0 Å². The number of rotatable bonds is 6. The molecule has 35 heavy (non-hydrogen) atoms. The Hall–Kier alpha value is -3.68. The van der Waals surface area contributed by atoms with E-state index in [-0.39, 0.29) is 17.2 Å². The number of furan rings is 1. The van der Waals surface area contributed by atoms with Crippen molar-refractivity contribution in [3.05, 3.63) is 111 Å². The molecular weight excluding hydrogens is 466 g/mol. The lowest BCUT2D eigenvalue weighted by Gasteiger charge is -2.31. The largest absolute Gasteiger partial charge is 0.453 e. The van der Waals surface area contributed by atoms with Crippen LogP contribution in [0.2, 0.25) is 5.02 Å². The summed E-state index contributed by atoms with van der Waals surface area (Å²) in [7, 11) is 1.58. The Bertz CT molecular complexity index is 1430. The molecule has 0 N–H and O–H groups in total. The monoisotopic (exact) mass is 489 g/mol. The van der Waals surface area contributed by atoms with Gasteiger partial charge in [-0.2, -0.15) is 0 Å². The molecule has 0 fully saturated rings. The smallest absolute Gasteiger partial charge is 0.289 e. The van der Waals surface area contributed by atoms with Crippen LogP contribution in [0.4, 0.5) is 0 Å². The van der Waals surface area contributed by atoms with Crippen molar-refractivity contribution in [3.63, 3.8) is 0 Å². The van der Waals surface area contributed by atoms with Gasteiger partial charge < -0.3 is 18.6 Å². The fourth-order valence-corrected chi connectivity index (χ4v) is 4.71. The number of hydrogen-bond donors (Lipinski definition) is 0. The molecule has 1 amide bonds. The average Bonchev–Trinajstić information content (AvgIpc) is 3.35. The maximum Gasteiger partial charge on any atom is 0.289 e. The van der Waals surface area contributed by atoms with Crippen LogP contribution in [0.1, 0.15) is 33.1 Å². The van der Waals surface area contributed by atoms with Crippen LogP contribution in [0.15, 0.2) is 76.2 Å². The molecule has 178 valence electrons. The first kappa shape index (κ1) is 23.1. The van der Waals surface area contributed by atoms with E-state index in [1.165, 1.54) is 0 Å². The molecule has 0 aliphatic carbocycles. The molecule has 0 radical (unpaired) electrons. The molecule has 1 aliphatic rings. The van der Waals surface area contributed by atoms with Gasteiger partial charge in [-0.1, -0.05) is 29.8 Å². The van der Waals surface area contributed by atoms with Gasteiger partial charge in [0, 0.05) is 60.9 Å². The Morgan fingerprint density at radius 1 is 1.11 bits per heavy atom. The Labute approximate surface area is 207 Å². The van der Waals surface area contributed by atoms with Crippen molar-refractivity contribution >= 4 is 17.5 Å². The first-order chi connectivity index (χ1) is 17.0. The summed E-state index contributed by atoms with van der Waals surface area (Å²) in [4.78, 5) is 32.7. The molecule has 0 saturated carbocycles. The maximum absolute atomic E-state index is 13.7. The predicted octanol–water partition coefficient (Wildman–Crippen LogP) is 4.55. The quantitative estimate of drug-likeness (QED) is 0.397. The highest BCUT2D eigenvalue weighted by molar-refractivity contribution is 6.33. The second-order valence-corrected chi connectivity index (χ2v) is 8.84. The van der Waals surface area contributed by atoms with Gasteiger partial charge in [0.15, 0.2) is 5.76 Å². The number of benzene rings is 1. The summed E-state index contributed by atoms with van der Waals surface area (Å²) in [5.74, 6) is 0.682. The van der Waals surface area contributed by atoms with Gasteiger partial charge in [0.25, 0.3) is 11.5 Å². The number of pyridine rings is 2. The first-order valence-electron chi connectivity index (χ1n) is 11.3. The van der Waals surface area contributed by atoms with E-state index in [1.54, 1.807) is 47.2 Å². The molecule has 4 heterocycles. The first-order valence-corrected chi connectivity index (χ1v) is 11.7. The van der Waals surface area contributed by atoms with E-state index < -0.39 is 0 Å². The van der Waals surface area contributed by atoms with Crippen molar-refractivity contribution in [2.75, 3.05) is 13.7 Å². The third-order valence-corrected chi connectivity index (χ3v) is 6.50. The lowest BCUT2D eigenvalue weighted by molar-refractivity contribution is 0.0692. The van der Waals surface area contributed by atoms with Gasteiger partial charge in [-0.05, 0) is 47.5 Å². The van der Waals surface area contributed by atoms with E-state index in [1.807, 2.05) is 36.4 Å². The lowest BCUT2D eigenvalue weighted by atomic mass is 9.98. The number of amides is 1. The van der Waals surface area contributed by atoms with Crippen molar-refractivity contribution in [2.24, 2.45) is 0 Å². The third-order valence-electron chi connectivity index (χ3n) is 6.17. The van der Waals surface area contributed by atoms with Crippen LogP contribution in [-0.4, -0.2) is 34.0 Å². The molecule has 4 aromatic rings. The minimum atomic E-state index is -0.191. The van der Waals surface area contributed by atoms with E-state index in [9.17, 15) is 9.59 Å². The van der Waals surface area contributed by atoms with Gasteiger partial charge >= 0.3 is 0 Å². The molecule has 7 nitrogen and oxygen atoms in total. The molecule has 0 unspecified atom stereocenters. The van der Waals surface area contributed by atoms with Crippen LogP contribution in [0.25, 0.3) is 11.1 Å². The van der Waals surface area contributed by atoms with Crippen molar-refractivity contribution in [1.82, 2.24) is 14.5 Å². The summed E-state index contributed by atoms with van der Waals surface area (Å²) in [6.45, 7) is 1.56. The molecule has 1 aliphatic heterocycles. The normalized spacial score (nSPS) is 13.0. The summed E-state index contributed by atoms with van der Waals surface area (Å²) in [6, 6.07) is 16.4. The Morgan fingerprint density at radius 2 is 1.91 bits per heavy atom. The van der Waals surface area contributed by atoms with Crippen LogP contribution in [-0.2, 0) is 30.9 Å². The van der Waals surface area contributed by atoms with Gasteiger partial charge in [0.05, 0.1) is 6.54 Å². The maximum atomic E-state index is 13.7. The Morgan fingerprint density at radius 3 is 2.69 bits per heavy atom. The summed E-state index contributed by atoms with van der Waals surface area (Å²) >= 11 is 6.47. The minimum Gasteiger partial charge on any atom is -0.453 e. The SMILES string of the molecule is COCc1ccc(C(=O)N2CCc3c(cc(-c4ccccc4Cl)c(=O)n3Cc3ccncc3)C2)o1. The summed E-state index contributed by atoms with van der Waals surface area (Å²) in [5, 5.41) is 0.505. The van der Waals surface area contributed by atoms with E-state index in [0.29, 0.717) is 54.6 Å². The number of hydrogen-bond acceptors (Lipinski definition) is 5. The molecular formula is C27H24ClN3O4. The molecule has 0 saturated heterocycles. The number of carbonyl (C=O) groups is 1. The molecule has 0 atom stereocenters. The number of ether oxygens (including phenoxy) is 1. The van der Waals surface area contributed by atoms with Gasteiger partial charge in [-0.25, -0.2) is 0 Å². The van der Waals surface area contributed by atoms with Crippen LogP contribution >= 0.6 is 11.6 Å². The second kappa shape index (κ2) is 9.90. The zero-order valence-electron chi connectivity index (χ0n) is 19.2. The standard InChI is InChI=1S/C27H24ClN3O4/c1-34-17-20-6-7-25(35-20)27(33)30-13-10-24-19(16-30)14-22(21-4-2-3-5-23(21)28)26(32)31(24)15-18-8-11-29-12-9-18/h2-9,11-12,14H,10,13,15-17H2,1H3. The molecule has 0 bridgehead atoms. The predicted molar refractivity (Wildman–Crippen MR) is 132 cm³/mol. The summed E-state index contributed by atoms with van der Waals surface area (Å²) in [5.41, 5.74) is 3.88. The van der Waals surface area contributed by atoms with E-state index in [0.717, 1.165) is 16.8 Å². The molecule has 3 aromatic heterocycles. The molecule has 8 heteroatoms. The van der Waals surface area contributed by atoms with Crippen molar-refractivity contribution < 1.29 is 13.9 Å². The number of aromatic nitrogens is 2. The van der Waals surface area contributed by atoms with Gasteiger partial charge in [-0.15, -0.1) is 0 Å². The van der Waals surface area contributed by atoms with Crippen molar-refractivity contribution in [2.45, 2.75) is 26.1 Å². The second-order valence-electron chi connectivity index (χ2n) is 8.43. The lowest BCUT2D eigenvalue weighted by Crippen LogP contribution is -2.39. The minimum absolute atomic E-state index is 0.108. The Kier molecular flexibility index (Phi) is 6.53. The highest BCUT2D eigenvalue weighted by atomic mass is 35.5. The van der Waals surface area contributed by atoms with Gasteiger partial charge in [0.1, 0.15) is 12.4 Å². The zero-order valence-corrected chi connectivity index (χ0v) is 20.0. The number of carbonyl (C=O) groups excluding carboxylic acids is 1. The molecule has 5 rings (SSSR count). The van der Waals surface area contributed by atoms with E-state index in [2.05, 4.69) is 4.98 Å². The number of methoxy groups -OCH3 is 1. The van der Waals surface area contributed by atoms with Crippen LogP contribution in [0, 0.1) is 0 Å². The van der Waals surface area contributed by atoms with Crippen molar-refractivity contribution in [1.29, 1.82) is 0 Å². The number of fused-ring (bicyclic) bond motifs is 1. The van der Waals surface area contributed by atoms with Gasteiger partial charge in [-0.3, -0.25) is 14.6 Å². The average molecular weight is 490 g/mol. The van der Waals surface area contributed by atoms with E-state index >= 15 is 0 Å². The zero-order chi connectivity index (χ0) is 24.4. The highest BCUT2D eigenvalue weighted by Crippen LogP contribution is 2.29. The molecule has 0 spiro atoms. The summed E-state index contributed by atoms with van der Waals surface area (Å²) in [6.07, 6.45) is 3.98. The van der Waals surface area contributed by atoms with Crippen LogP contribution in [0.5, 0.6) is 0 Å². The number of nitrogens with zero attached hydrogens (tertiary/aromatic N) is 3.